The molecule has 130 valence electrons. The van der Waals surface area contributed by atoms with E-state index >= 15 is 0 Å². The van der Waals surface area contributed by atoms with Crippen molar-refractivity contribution < 1.29 is 8.42 Å². The zero-order valence-corrected chi connectivity index (χ0v) is 15.7. The Kier molecular flexibility index (Phi) is 6.36. The van der Waals surface area contributed by atoms with Gasteiger partial charge in [0.2, 0.25) is 10.0 Å². The molecule has 1 aromatic rings. The zero-order valence-electron chi connectivity index (χ0n) is 13.3. The molecular formula is C16H24Cl2N2O2S. The number of piperidine rings is 1. The highest BCUT2D eigenvalue weighted by Crippen LogP contribution is 2.29. The van der Waals surface area contributed by atoms with Crippen molar-refractivity contribution in [1.82, 2.24) is 9.62 Å². The summed E-state index contributed by atoms with van der Waals surface area (Å²) in [5.41, 5.74) is 0.749. The van der Waals surface area contributed by atoms with Crippen molar-refractivity contribution in [2.45, 2.75) is 43.5 Å². The van der Waals surface area contributed by atoms with E-state index in [9.17, 15) is 8.42 Å². The second-order valence-electron chi connectivity index (χ2n) is 6.44. The lowest BCUT2D eigenvalue weighted by Crippen LogP contribution is -2.45. The molecule has 0 amide bonds. The third-order valence-electron chi connectivity index (χ3n) is 4.61. The summed E-state index contributed by atoms with van der Waals surface area (Å²) in [6, 6.07) is 5.50. The van der Waals surface area contributed by atoms with Gasteiger partial charge < -0.3 is 5.32 Å². The third kappa shape index (κ3) is 4.60. The number of nitrogens with zero attached hydrogens (tertiary/aromatic N) is 1. The number of nitrogens with one attached hydrogen (secondary N) is 1. The average Bonchev–Trinajstić information content (AvgIpc) is 3.32. The Morgan fingerprint density at radius 3 is 2.48 bits per heavy atom. The van der Waals surface area contributed by atoms with E-state index in [-0.39, 0.29) is 12.4 Å². The number of halogens is 2. The fraction of sp³-hybridized carbons (Fsp3) is 0.625. The van der Waals surface area contributed by atoms with Gasteiger partial charge in [-0.1, -0.05) is 17.7 Å². The van der Waals surface area contributed by atoms with Crippen molar-refractivity contribution in [3.63, 3.8) is 0 Å². The predicted octanol–water partition coefficient (Wildman–Crippen LogP) is 3.22. The Balaban J connectivity index is 0.00000192. The molecule has 2 aliphatic rings. The third-order valence-corrected chi connectivity index (χ3v) is 6.89. The lowest BCUT2D eigenvalue weighted by atomic mass is 10.1. The highest BCUT2D eigenvalue weighted by atomic mass is 35.5. The smallest absolute Gasteiger partial charge is 0.243 e. The molecule has 0 atom stereocenters. The Morgan fingerprint density at radius 2 is 1.87 bits per heavy atom. The first-order valence-electron chi connectivity index (χ1n) is 7.96. The number of hydrogen-bond acceptors (Lipinski definition) is 3. The molecule has 3 rings (SSSR count). The highest BCUT2D eigenvalue weighted by Gasteiger charge is 2.31. The van der Waals surface area contributed by atoms with Gasteiger partial charge in [0.05, 0.1) is 4.90 Å². The maximum Gasteiger partial charge on any atom is 0.243 e. The van der Waals surface area contributed by atoms with E-state index < -0.39 is 10.0 Å². The van der Waals surface area contributed by atoms with Gasteiger partial charge in [-0.15, -0.1) is 12.4 Å². The van der Waals surface area contributed by atoms with E-state index in [4.69, 9.17) is 11.6 Å². The molecule has 1 saturated heterocycles. The summed E-state index contributed by atoms with van der Waals surface area (Å²) in [7, 11) is -3.44. The molecule has 2 fully saturated rings. The molecule has 1 aliphatic carbocycles. The molecular weight excluding hydrogens is 355 g/mol. The molecule has 0 aromatic heterocycles. The van der Waals surface area contributed by atoms with E-state index in [0.29, 0.717) is 29.0 Å². The lowest BCUT2D eigenvalue weighted by Gasteiger charge is -2.32. The summed E-state index contributed by atoms with van der Waals surface area (Å²) < 4.78 is 27.2. The average molecular weight is 379 g/mol. The van der Waals surface area contributed by atoms with Crippen molar-refractivity contribution in [2.24, 2.45) is 5.92 Å². The first-order valence-corrected chi connectivity index (χ1v) is 9.78. The molecule has 1 heterocycles. The summed E-state index contributed by atoms with van der Waals surface area (Å²) in [4.78, 5) is 0.337. The largest absolute Gasteiger partial charge is 0.314 e. The van der Waals surface area contributed by atoms with Crippen LogP contribution in [0.3, 0.4) is 0 Å². The van der Waals surface area contributed by atoms with Crippen molar-refractivity contribution >= 4 is 34.0 Å². The second-order valence-corrected chi connectivity index (χ2v) is 8.78. The Bertz CT molecular complexity index is 639. The van der Waals surface area contributed by atoms with E-state index in [1.54, 1.807) is 22.5 Å². The van der Waals surface area contributed by atoms with Crippen LogP contribution in [0, 0.1) is 12.8 Å². The van der Waals surface area contributed by atoms with Crippen molar-refractivity contribution in [3.8, 4) is 0 Å². The van der Waals surface area contributed by atoms with Crippen LogP contribution in [-0.2, 0) is 10.0 Å². The molecule has 0 radical (unpaired) electrons. The van der Waals surface area contributed by atoms with Crippen LogP contribution in [0.15, 0.2) is 23.1 Å². The van der Waals surface area contributed by atoms with Crippen molar-refractivity contribution in [1.29, 1.82) is 0 Å². The van der Waals surface area contributed by atoms with Gasteiger partial charge in [-0.25, -0.2) is 8.42 Å². The van der Waals surface area contributed by atoms with Crippen molar-refractivity contribution in [3.05, 3.63) is 28.8 Å². The van der Waals surface area contributed by atoms with Gasteiger partial charge in [0.15, 0.2) is 0 Å². The molecule has 0 bridgehead atoms. The number of benzene rings is 1. The highest BCUT2D eigenvalue weighted by molar-refractivity contribution is 7.89. The van der Waals surface area contributed by atoms with Crippen LogP contribution >= 0.6 is 24.0 Å². The summed E-state index contributed by atoms with van der Waals surface area (Å²) in [6.07, 6.45) is 4.44. The molecule has 4 nitrogen and oxygen atoms in total. The van der Waals surface area contributed by atoms with E-state index in [1.165, 1.54) is 12.8 Å². The fourth-order valence-electron chi connectivity index (χ4n) is 2.95. The van der Waals surface area contributed by atoms with Gasteiger partial charge in [0.25, 0.3) is 0 Å². The fourth-order valence-corrected chi connectivity index (χ4v) is 4.90. The molecule has 1 saturated carbocycles. The molecule has 1 N–H and O–H groups in total. The number of hydrogen-bond donors (Lipinski definition) is 1. The topological polar surface area (TPSA) is 49.4 Å². The standard InChI is InChI=1S/C16H23ClN2O2S.ClH/c1-12-2-5-14(17)10-16(12)22(20,21)19-8-6-15(7-9-19)18-11-13-3-4-13;/h2,5,10,13,15,18H,3-4,6-9,11H2,1H3;1H. The SMILES string of the molecule is Cc1ccc(Cl)cc1S(=O)(=O)N1CCC(NCC2CC2)CC1.Cl. The molecule has 1 aliphatic heterocycles. The zero-order chi connectivity index (χ0) is 15.7. The van der Waals surface area contributed by atoms with E-state index in [0.717, 1.165) is 30.9 Å². The van der Waals surface area contributed by atoms with E-state index in [2.05, 4.69) is 5.32 Å². The Morgan fingerprint density at radius 1 is 1.22 bits per heavy atom. The minimum Gasteiger partial charge on any atom is -0.314 e. The van der Waals surface area contributed by atoms with Gasteiger partial charge in [0, 0.05) is 24.2 Å². The maximum absolute atomic E-state index is 12.8. The minimum atomic E-state index is -3.44. The quantitative estimate of drug-likeness (QED) is 0.855. The lowest BCUT2D eigenvalue weighted by molar-refractivity contribution is 0.288. The van der Waals surface area contributed by atoms with Crippen LogP contribution in [0.5, 0.6) is 0 Å². The van der Waals surface area contributed by atoms with Crippen LogP contribution in [0.25, 0.3) is 0 Å². The Hall–Kier alpha value is -0.330. The monoisotopic (exact) mass is 378 g/mol. The van der Waals surface area contributed by atoms with Crippen LogP contribution in [0.2, 0.25) is 5.02 Å². The van der Waals surface area contributed by atoms with Gasteiger partial charge >= 0.3 is 0 Å². The first-order chi connectivity index (χ1) is 10.5. The van der Waals surface area contributed by atoms with Crippen LogP contribution in [-0.4, -0.2) is 38.4 Å². The number of sulfonamides is 1. The summed E-state index contributed by atoms with van der Waals surface area (Å²) in [6.45, 7) is 4.06. The minimum absolute atomic E-state index is 0. The normalized spacial score (nSPS) is 20.3. The van der Waals surface area contributed by atoms with Crippen LogP contribution in [0.1, 0.15) is 31.2 Å². The number of aryl methyl sites for hydroxylation is 1. The van der Waals surface area contributed by atoms with Crippen LogP contribution < -0.4 is 5.32 Å². The van der Waals surface area contributed by atoms with Gasteiger partial charge in [-0.3, -0.25) is 0 Å². The van der Waals surface area contributed by atoms with Crippen LogP contribution in [0.4, 0.5) is 0 Å². The van der Waals surface area contributed by atoms with Gasteiger partial charge in [0.1, 0.15) is 0 Å². The molecule has 7 heteroatoms. The maximum atomic E-state index is 12.8. The van der Waals surface area contributed by atoms with E-state index in [1.807, 2.05) is 6.92 Å². The van der Waals surface area contributed by atoms with Gasteiger partial charge in [-0.2, -0.15) is 4.31 Å². The molecule has 0 spiro atoms. The molecule has 0 unspecified atom stereocenters. The van der Waals surface area contributed by atoms with Gasteiger partial charge in [-0.05, 0) is 62.8 Å². The van der Waals surface area contributed by atoms with Crippen molar-refractivity contribution in [2.75, 3.05) is 19.6 Å². The Labute approximate surface area is 150 Å². The summed E-state index contributed by atoms with van der Waals surface area (Å²) >= 11 is 5.97. The summed E-state index contributed by atoms with van der Waals surface area (Å²) in [5, 5.41) is 4.04. The molecule has 23 heavy (non-hydrogen) atoms. The second kappa shape index (κ2) is 7.70. The predicted molar refractivity (Wildman–Crippen MR) is 95.9 cm³/mol. The molecule has 1 aromatic carbocycles. The first kappa shape index (κ1) is 19.0. The number of rotatable bonds is 5. The summed E-state index contributed by atoms with van der Waals surface area (Å²) in [5.74, 6) is 0.857.